The SMILES string of the molecule is CCCC(=O)NC1CN(Sc2ccc3c(c2)nc(C(C)(C)C)n3CC2CCC(F)(F)CC2)C1. The number of rotatable bonds is 7. The number of benzene rings is 1. The second-order valence-corrected chi connectivity index (χ2v) is 11.9. The number of carbonyl (C=O) groups excluding carboxylic acids is 1. The molecule has 2 heterocycles. The lowest BCUT2D eigenvalue weighted by molar-refractivity contribution is -0.122. The van der Waals surface area contributed by atoms with E-state index in [2.05, 4.69) is 53.2 Å². The van der Waals surface area contributed by atoms with E-state index in [1.165, 1.54) is 0 Å². The molecule has 1 amide bonds. The van der Waals surface area contributed by atoms with Crippen LogP contribution in [0.1, 0.15) is 72.0 Å². The third-order valence-electron chi connectivity index (χ3n) is 6.59. The summed E-state index contributed by atoms with van der Waals surface area (Å²) in [5.41, 5.74) is 1.90. The van der Waals surface area contributed by atoms with Crippen LogP contribution in [0.3, 0.4) is 0 Å². The van der Waals surface area contributed by atoms with Crippen LogP contribution in [0.5, 0.6) is 0 Å². The van der Waals surface area contributed by atoms with E-state index in [9.17, 15) is 13.6 Å². The zero-order valence-corrected chi connectivity index (χ0v) is 21.0. The van der Waals surface area contributed by atoms with Gasteiger partial charge in [-0.05, 0) is 55.3 Å². The molecular formula is C25H36F2N4OS. The Morgan fingerprint density at radius 3 is 2.58 bits per heavy atom. The van der Waals surface area contributed by atoms with Gasteiger partial charge in [-0.15, -0.1) is 0 Å². The van der Waals surface area contributed by atoms with E-state index in [0.29, 0.717) is 19.3 Å². The Morgan fingerprint density at radius 2 is 1.94 bits per heavy atom. The van der Waals surface area contributed by atoms with Gasteiger partial charge < -0.3 is 9.88 Å². The Morgan fingerprint density at radius 1 is 1.24 bits per heavy atom. The number of fused-ring (bicyclic) bond motifs is 1. The van der Waals surface area contributed by atoms with Crippen molar-refractivity contribution in [1.29, 1.82) is 0 Å². The van der Waals surface area contributed by atoms with E-state index >= 15 is 0 Å². The summed E-state index contributed by atoms with van der Waals surface area (Å²) in [5, 5.41) is 3.08. The largest absolute Gasteiger partial charge is 0.351 e. The molecule has 1 aromatic carbocycles. The van der Waals surface area contributed by atoms with Gasteiger partial charge in [-0.2, -0.15) is 0 Å². The van der Waals surface area contributed by atoms with Gasteiger partial charge in [0.05, 0.1) is 17.1 Å². The molecule has 4 rings (SSSR count). The van der Waals surface area contributed by atoms with E-state index in [1.54, 1.807) is 11.9 Å². The molecule has 1 aliphatic heterocycles. The first-order chi connectivity index (χ1) is 15.5. The molecule has 0 unspecified atom stereocenters. The van der Waals surface area contributed by atoms with Gasteiger partial charge in [0.25, 0.3) is 0 Å². The van der Waals surface area contributed by atoms with Crippen LogP contribution in [0.25, 0.3) is 11.0 Å². The first-order valence-corrected chi connectivity index (χ1v) is 12.9. The maximum absolute atomic E-state index is 13.6. The number of imidazole rings is 1. The number of hydrogen-bond acceptors (Lipinski definition) is 4. The predicted octanol–water partition coefficient (Wildman–Crippen LogP) is 5.77. The van der Waals surface area contributed by atoms with E-state index < -0.39 is 5.92 Å². The van der Waals surface area contributed by atoms with Crippen molar-refractivity contribution in [2.75, 3.05) is 13.1 Å². The summed E-state index contributed by atoms with van der Waals surface area (Å²) >= 11 is 1.70. The van der Waals surface area contributed by atoms with Crippen LogP contribution >= 0.6 is 11.9 Å². The number of hydrogen-bond donors (Lipinski definition) is 1. The van der Waals surface area contributed by atoms with Crippen LogP contribution in [0, 0.1) is 5.92 Å². The zero-order valence-electron chi connectivity index (χ0n) is 20.2. The van der Waals surface area contributed by atoms with Crippen molar-refractivity contribution >= 4 is 28.9 Å². The van der Waals surface area contributed by atoms with Gasteiger partial charge in [-0.25, -0.2) is 18.1 Å². The number of carbonyl (C=O) groups is 1. The molecule has 2 fully saturated rings. The van der Waals surface area contributed by atoms with Gasteiger partial charge in [0.1, 0.15) is 5.82 Å². The summed E-state index contributed by atoms with van der Waals surface area (Å²) in [7, 11) is 0. The van der Waals surface area contributed by atoms with Crippen molar-refractivity contribution in [1.82, 2.24) is 19.2 Å². The highest BCUT2D eigenvalue weighted by atomic mass is 32.2. The Kier molecular flexibility index (Phi) is 7.06. The Balaban J connectivity index is 1.45. The van der Waals surface area contributed by atoms with Gasteiger partial charge in [0.15, 0.2) is 0 Å². The highest BCUT2D eigenvalue weighted by Crippen LogP contribution is 2.38. The fourth-order valence-electron chi connectivity index (χ4n) is 4.74. The molecule has 182 valence electrons. The average molecular weight is 479 g/mol. The van der Waals surface area contributed by atoms with Crippen molar-refractivity contribution in [3.8, 4) is 0 Å². The number of alkyl halides is 2. The Hall–Kier alpha value is -1.67. The fourth-order valence-corrected chi connectivity index (χ4v) is 5.84. The Labute approximate surface area is 199 Å². The first-order valence-electron chi connectivity index (χ1n) is 12.1. The monoisotopic (exact) mass is 478 g/mol. The number of aromatic nitrogens is 2. The topological polar surface area (TPSA) is 50.2 Å². The molecule has 1 saturated carbocycles. The molecule has 1 aliphatic carbocycles. The van der Waals surface area contributed by atoms with Gasteiger partial charge >= 0.3 is 0 Å². The highest BCUT2D eigenvalue weighted by Gasteiger charge is 2.36. The summed E-state index contributed by atoms with van der Waals surface area (Å²) in [4.78, 5) is 17.9. The average Bonchev–Trinajstić information content (AvgIpc) is 3.06. The predicted molar refractivity (Wildman–Crippen MR) is 130 cm³/mol. The number of nitrogens with zero attached hydrogens (tertiary/aromatic N) is 3. The second kappa shape index (κ2) is 9.53. The van der Waals surface area contributed by atoms with Crippen LogP contribution in [0.2, 0.25) is 0 Å². The molecule has 33 heavy (non-hydrogen) atoms. The zero-order chi connectivity index (χ0) is 23.8. The lowest BCUT2D eigenvalue weighted by Crippen LogP contribution is -2.56. The molecule has 5 nitrogen and oxygen atoms in total. The van der Waals surface area contributed by atoms with Crippen molar-refractivity contribution < 1.29 is 13.6 Å². The minimum atomic E-state index is -2.50. The third-order valence-corrected chi connectivity index (χ3v) is 7.61. The van der Waals surface area contributed by atoms with Crippen molar-refractivity contribution in [2.45, 2.75) is 95.0 Å². The minimum absolute atomic E-state index is 0.00827. The summed E-state index contributed by atoms with van der Waals surface area (Å²) in [6.45, 7) is 10.9. The van der Waals surface area contributed by atoms with Gasteiger partial charge in [0.2, 0.25) is 11.8 Å². The van der Waals surface area contributed by atoms with Crippen LogP contribution in [0.4, 0.5) is 8.78 Å². The molecule has 0 spiro atoms. The van der Waals surface area contributed by atoms with Gasteiger partial charge in [-0.3, -0.25) is 4.79 Å². The van der Waals surface area contributed by atoms with Crippen molar-refractivity contribution in [3.05, 3.63) is 24.0 Å². The van der Waals surface area contributed by atoms with Gasteiger partial charge in [-0.1, -0.05) is 27.7 Å². The normalized spacial score (nSPS) is 20.2. The quantitative estimate of drug-likeness (QED) is 0.514. The molecule has 8 heteroatoms. The fraction of sp³-hybridized carbons (Fsp3) is 0.680. The maximum atomic E-state index is 13.6. The number of halogens is 2. The van der Waals surface area contributed by atoms with Crippen LogP contribution in [0.15, 0.2) is 23.1 Å². The van der Waals surface area contributed by atoms with Crippen LogP contribution in [-0.2, 0) is 16.8 Å². The lowest BCUT2D eigenvalue weighted by Gasteiger charge is -2.38. The van der Waals surface area contributed by atoms with E-state index in [4.69, 9.17) is 4.98 Å². The summed E-state index contributed by atoms with van der Waals surface area (Å²) in [6, 6.07) is 6.60. The van der Waals surface area contributed by atoms with Crippen LogP contribution < -0.4 is 5.32 Å². The first kappa shape index (κ1) is 24.5. The molecule has 1 saturated heterocycles. The number of nitrogens with one attached hydrogen (secondary N) is 1. The van der Waals surface area contributed by atoms with E-state index in [1.807, 2.05) is 6.92 Å². The van der Waals surface area contributed by atoms with Crippen molar-refractivity contribution in [3.63, 3.8) is 0 Å². The molecule has 1 aromatic heterocycles. The molecule has 0 radical (unpaired) electrons. The highest BCUT2D eigenvalue weighted by molar-refractivity contribution is 7.97. The standard InChI is InChI=1S/C25H36F2N4OS/c1-5-6-22(32)28-18-15-30(16-18)33-19-7-8-21-20(13-19)29-23(24(2,3)4)31(21)14-17-9-11-25(26,27)12-10-17/h7-8,13,17-18H,5-6,9-12,14-16H2,1-4H3,(H,28,32). The molecule has 0 bridgehead atoms. The van der Waals surface area contributed by atoms with Gasteiger partial charge in [0, 0.05) is 49.2 Å². The molecule has 2 aliphatic rings. The smallest absolute Gasteiger partial charge is 0.248 e. The minimum Gasteiger partial charge on any atom is -0.351 e. The lowest BCUT2D eigenvalue weighted by atomic mass is 9.86. The molecule has 0 atom stereocenters. The van der Waals surface area contributed by atoms with Crippen molar-refractivity contribution in [2.24, 2.45) is 5.92 Å². The molecule has 1 N–H and O–H groups in total. The third kappa shape index (κ3) is 5.88. The molecule has 2 aromatic rings. The Bertz CT molecular complexity index is 984. The second-order valence-electron chi connectivity index (χ2n) is 10.7. The van der Waals surface area contributed by atoms with E-state index in [-0.39, 0.29) is 36.1 Å². The number of amides is 1. The van der Waals surface area contributed by atoms with Crippen LogP contribution in [-0.4, -0.2) is 44.8 Å². The summed E-state index contributed by atoms with van der Waals surface area (Å²) < 4.78 is 31.8. The molecular weight excluding hydrogens is 442 g/mol. The van der Waals surface area contributed by atoms with E-state index in [0.717, 1.165) is 47.8 Å². The summed E-state index contributed by atoms with van der Waals surface area (Å²) in [5.74, 6) is -1.09. The maximum Gasteiger partial charge on any atom is 0.248 e. The summed E-state index contributed by atoms with van der Waals surface area (Å²) in [6.07, 6.45) is 2.57.